The minimum Gasteiger partial charge on any atom is -0.480 e. The Labute approximate surface area is 179 Å². The van der Waals surface area contributed by atoms with Gasteiger partial charge >= 0.3 is 18.0 Å². The van der Waals surface area contributed by atoms with E-state index in [1.54, 1.807) is 44.2 Å². The standard InChI is InChI=1S/C20H27N3O8/c1-12(2)17(18(27)21-10-16(25)26)23-15(24)9-8-14(19(28)29)22-20(30)31-11-13-6-4-3-5-7-13/h3-7,12,14,17H,8-11H2,1-2H3,(H,21,27)(H,22,30)(H,23,24)(H,25,26)(H,28,29)/t14-,17-/m0/s1. The topological polar surface area (TPSA) is 171 Å². The largest absolute Gasteiger partial charge is 0.480 e. The van der Waals surface area contributed by atoms with Crippen LogP contribution in [0.1, 0.15) is 32.3 Å². The monoisotopic (exact) mass is 437 g/mol. The molecule has 0 unspecified atom stereocenters. The van der Waals surface area contributed by atoms with Gasteiger partial charge in [-0.1, -0.05) is 44.2 Å². The molecule has 1 aromatic carbocycles. The van der Waals surface area contributed by atoms with Crippen molar-refractivity contribution in [2.24, 2.45) is 5.92 Å². The molecule has 0 saturated carbocycles. The van der Waals surface area contributed by atoms with Gasteiger partial charge in [0.25, 0.3) is 0 Å². The summed E-state index contributed by atoms with van der Waals surface area (Å²) >= 11 is 0. The molecular formula is C20H27N3O8. The highest BCUT2D eigenvalue weighted by molar-refractivity contribution is 5.90. The second kappa shape index (κ2) is 12.8. The van der Waals surface area contributed by atoms with Gasteiger partial charge in [-0.15, -0.1) is 0 Å². The molecule has 0 fully saturated rings. The van der Waals surface area contributed by atoms with Crippen molar-refractivity contribution in [1.82, 2.24) is 16.0 Å². The van der Waals surface area contributed by atoms with E-state index in [0.717, 1.165) is 5.56 Å². The molecule has 31 heavy (non-hydrogen) atoms. The maximum Gasteiger partial charge on any atom is 0.408 e. The molecule has 0 saturated heterocycles. The second-order valence-corrected chi connectivity index (χ2v) is 7.04. The third-order valence-corrected chi connectivity index (χ3v) is 4.14. The summed E-state index contributed by atoms with van der Waals surface area (Å²) in [5, 5.41) is 24.7. The summed E-state index contributed by atoms with van der Waals surface area (Å²) in [6.07, 6.45) is -1.46. The fraction of sp³-hybridized carbons (Fsp3) is 0.450. The number of hydrogen-bond acceptors (Lipinski definition) is 6. The van der Waals surface area contributed by atoms with Crippen LogP contribution in [0.3, 0.4) is 0 Å². The molecule has 0 spiro atoms. The first-order valence-corrected chi connectivity index (χ1v) is 9.59. The van der Waals surface area contributed by atoms with Gasteiger partial charge in [-0.25, -0.2) is 9.59 Å². The zero-order chi connectivity index (χ0) is 23.4. The lowest BCUT2D eigenvalue weighted by Crippen LogP contribution is -2.51. The van der Waals surface area contributed by atoms with Crippen LogP contribution in [0.2, 0.25) is 0 Å². The molecule has 0 aliphatic carbocycles. The molecular weight excluding hydrogens is 410 g/mol. The maximum absolute atomic E-state index is 12.2. The lowest BCUT2D eigenvalue weighted by Gasteiger charge is -2.22. The smallest absolute Gasteiger partial charge is 0.408 e. The highest BCUT2D eigenvalue weighted by Gasteiger charge is 2.26. The average Bonchev–Trinajstić information content (AvgIpc) is 2.71. The zero-order valence-corrected chi connectivity index (χ0v) is 17.3. The van der Waals surface area contributed by atoms with E-state index >= 15 is 0 Å². The minimum absolute atomic E-state index is 0.0407. The fourth-order valence-electron chi connectivity index (χ4n) is 2.49. The summed E-state index contributed by atoms with van der Waals surface area (Å²) in [6, 6.07) is 6.46. The van der Waals surface area contributed by atoms with Crippen LogP contribution in [-0.2, 0) is 30.5 Å². The Hall–Kier alpha value is -3.63. The molecule has 0 bridgehead atoms. The van der Waals surface area contributed by atoms with Crippen LogP contribution in [0.25, 0.3) is 0 Å². The van der Waals surface area contributed by atoms with Crippen LogP contribution in [0.15, 0.2) is 30.3 Å². The Kier molecular flexibility index (Phi) is 10.5. The molecule has 0 radical (unpaired) electrons. The Balaban J connectivity index is 2.53. The molecule has 170 valence electrons. The number of carbonyl (C=O) groups excluding carboxylic acids is 3. The third-order valence-electron chi connectivity index (χ3n) is 4.14. The first-order chi connectivity index (χ1) is 14.6. The van der Waals surface area contributed by atoms with Gasteiger partial charge < -0.3 is 30.9 Å². The minimum atomic E-state index is -1.37. The van der Waals surface area contributed by atoms with Gasteiger partial charge in [0.1, 0.15) is 25.2 Å². The first-order valence-electron chi connectivity index (χ1n) is 9.59. The van der Waals surface area contributed by atoms with Crippen LogP contribution in [0.5, 0.6) is 0 Å². The van der Waals surface area contributed by atoms with Crippen LogP contribution in [0, 0.1) is 5.92 Å². The summed E-state index contributed by atoms with van der Waals surface area (Å²) < 4.78 is 4.97. The lowest BCUT2D eigenvalue weighted by atomic mass is 10.0. The fourth-order valence-corrected chi connectivity index (χ4v) is 2.49. The number of rotatable bonds is 12. The predicted octanol–water partition coefficient (Wildman–Crippen LogP) is 0.488. The molecule has 3 amide bonds. The van der Waals surface area contributed by atoms with Gasteiger partial charge in [0.2, 0.25) is 11.8 Å². The molecule has 0 heterocycles. The van der Waals surface area contributed by atoms with E-state index in [-0.39, 0.29) is 25.4 Å². The van der Waals surface area contributed by atoms with Crippen LogP contribution in [-0.4, -0.2) is 58.7 Å². The van der Waals surface area contributed by atoms with Crippen molar-refractivity contribution in [3.8, 4) is 0 Å². The Morgan fingerprint density at radius 2 is 1.65 bits per heavy atom. The summed E-state index contributed by atoms with van der Waals surface area (Å²) in [6.45, 7) is 2.69. The SMILES string of the molecule is CC(C)[C@H](NC(=O)CC[C@H](NC(=O)OCc1ccccc1)C(=O)O)C(=O)NCC(=O)O. The molecule has 11 heteroatoms. The normalized spacial score (nSPS) is 12.4. The van der Waals surface area contributed by atoms with E-state index in [1.807, 2.05) is 0 Å². The van der Waals surface area contributed by atoms with Crippen molar-refractivity contribution in [3.63, 3.8) is 0 Å². The summed E-state index contributed by atoms with van der Waals surface area (Å²) in [4.78, 5) is 58.0. The van der Waals surface area contributed by atoms with Crippen molar-refractivity contribution in [1.29, 1.82) is 0 Å². The number of carboxylic acids is 2. The third kappa shape index (κ3) is 10.1. The van der Waals surface area contributed by atoms with Crippen molar-refractivity contribution in [2.75, 3.05) is 6.54 Å². The van der Waals surface area contributed by atoms with Crippen molar-refractivity contribution in [3.05, 3.63) is 35.9 Å². The van der Waals surface area contributed by atoms with Crippen LogP contribution < -0.4 is 16.0 Å². The van der Waals surface area contributed by atoms with E-state index in [2.05, 4.69) is 16.0 Å². The van der Waals surface area contributed by atoms with Gasteiger partial charge in [0.05, 0.1) is 0 Å². The number of amides is 3. The van der Waals surface area contributed by atoms with Gasteiger partial charge in [0, 0.05) is 6.42 Å². The van der Waals surface area contributed by atoms with Gasteiger partial charge in [0.15, 0.2) is 0 Å². The van der Waals surface area contributed by atoms with E-state index in [4.69, 9.17) is 9.84 Å². The molecule has 0 aromatic heterocycles. The second-order valence-electron chi connectivity index (χ2n) is 7.04. The van der Waals surface area contributed by atoms with E-state index in [1.165, 1.54) is 0 Å². The van der Waals surface area contributed by atoms with Crippen molar-refractivity contribution >= 4 is 29.8 Å². The number of carboxylic acid groups (broad SMARTS) is 2. The molecule has 5 N–H and O–H groups in total. The lowest BCUT2D eigenvalue weighted by molar-refractivity contribution is -0.139. The average molecular weight is 437 g/mol. The summed E-state index contributed by atoms with van der Waals surface area (Å²) in [5.74, 6) is -4.18. The highest BCUT2D eigenvalue weighted by atomic mass is 16.5. The number of alkyl carbamates (subject to hydrolysis) is 1. The Bertz CT molecular complexity index is 782. The number of hydrogen-bond donors (Lipinski definition) is 5. The van der Waals surface area contributed by atoms with Crippen molar-refractivity contribution in [2.45, 2.75) is 45.4 Å². The van der Waals surface area contributed by atoms with E-state index in [9.17, 15) is 29.1 Å². The molecule has 11 nitrogen and oxygen atoms in total. The Morgan fingerprint density at radius 1 is 1.00 bits per heavy atom. The molecule has 0 aliphatic rings. The van der Waals surface area contributed by atoms with Crippen LogP contribution >= 0.6 is 0 Å². The molecule has 1 rings (SSSR count). The molecule has 0 aliphatic heterocycles. The zero-order valence-electron chi connectivity index (χ0n) is 17.3. The van der Waals surface area contributed by atoms with E-state index < -0.39 is 48.5 Å². The summed E-state index contributed by atoms with van der Waals surface area (Å²) in [5.41, 5.74) is 0.727. The van der Waals surface area contributed by atoms with Crippen molar-refractivity contribution < 1.29 is 38.9 Å². The quantitative estimate of drug-likeness (QED) is 0.314. The number of nitrogens with one attached hydrogen (secondary N) is 3. The predicted molar refractivity (Wildman–Crippen MR) is 108 cm³/mol. The highest BCUT2D eigenvalue weighted by Crippen LogP contribution is 2.06. The molecule has 2 atom stereocenters. The Morgan fingerprint density at radius 3 is 2.19 bits per heavy atom. The maximum atomic E-state index is 12.2. The number of ether oxygens (including phenoxy) is 1. The number of carbonyl (C=O) groups is 5. The number of aliphatic carboxylic acids is 2. The van der Waals surface area contributed by atoms with Gasteiger partial charge in [-0.05, 0) is 17.9 Å². The van der Waals surface area contributed by atoms with Gasteiger partial charge in [-0.3, -0.25) is 14.4 Å². The number of benzene rings is 1. The molecule has 1 aromatic rings. The summed E-state index contributed by atoms with van der Waals surface area (Å²) in [7, 11) is 0. The van der Waals surface area contributed by atoms with Gasteiger partial charge in [-0.2, -0.15) is 0 Å². The van der Waals surface area contributed by atoms with E-state index in [0.29, 0.717) is 0 Å². The first kappa shape index (κ1) is 25.4. The van der Waals surface area contributed by atoms with Crippen LogP contribution in [0.4, 0.5) is 4.79 Å².